The SMILES string of the molecule is Cc1c(-c2ccccc2)sc(NC(=O)C2COc3ccccc3O2)c1C(=O)N1CCOCC1. The molecular weight excluding hydrogens is 440 g/mol. The van der Waals surface area contributed by atoms with Crippen molar-refractivity contribution in [3.8, 4) is 21.9 Å². The first-order chi connectivity index (χ1) is 16.1. The van der Waals surface area contributed by atoms with Gasteiger partial charge < -0.3 is 24.4 Å². The van der Waals surface area contributed by atoms with Crippen LogP contribution in [0.1, 0.15) is 15.9 Å². The number of hydrogen-bond donors (Lipinski definition) is 1. The molecule has 7 nitrogen and oxygen atoms in total. The normalized spacial score (nSPS) is 17.5. The summed E-state index contributed by atoms with van der Waals surface area (Å²) in [4.78, 5) is 29.3. The number of carbonyl (C=O) groups excluding carboxylic acids is 2. The Bertz CT molecular complexity index is 1170. The van der Waals surface area contributed by atoms with Crippen LogP contribution < -0.4 is 14.8 Å². The first kappa shape index (κ1) is 21.5. The van der Waals surface area contributed by atoms with E-state index in [1.807, 2.05) is 49.4 Å². The van der Waals surface area contributed by atoms with Gasteiger partial charge in [0.2, 0.25) is 6.10 Å². The quantitative estimate of drug-likeness (QED) is 0.632. The Hall–Kier alpha value is -3.36. The van der Waals surface area contributed by atoms with Gasteiger partial charge in [0.1, 0.15) is 11.6 Å². The Morgan fingerprint density at radius 2 is 1.70 bits per heavy atom. The molecule has 3 heterocycles. The van der Waals surface area contributed by atoms with E-state index in [0.717, 1.165) is 16.0 Å². The number of anilines is 1. The fourth-order valence-electron chi connectivity index (χ4n) is 3.99. The van der Waals surface area contributed by atoms with Crippen molar-refractivity contribution in [3.05, 3.63) is 65.7 Å². The summed E-state index contributed by atoms with van der Waals surface area (Å²) < 4.78 is 17.0. The van der Waals surface area contributed by atoms with Gasteiger partial charge in [-0.3, -0.25) is 9.59 Å². The summed E-state index contributed by atoms with van der Waals surface area (Å²) in [6, 6.07) is 17.1. The third-order valence-electron chi connectivity index (χ3n) is 5.73. The molecule has 1 N–H and O–H groups in total. The molecule has 1 atom stereocenters. The van der Waals surface area contributed by atoms with Gasteiger partial charge in [-0.25, -0.2) is 0 Å². The van der Waals surface area contributed by atoms with E-state index in [4.69, 9.17) is 14.2 Å². The van der Waals surface area contributed by atoms with Crippen LogP contribution >= 0.6 is 11.3 Å². The number of carbonyl (C=O) groups is 2. The number of para-hydroxylation sites is 2. The molecule has 1 aromatic heterocycles. The van der Waals surface area contributed by atoms with Crippen LogP contribution in [0.2, 0.25) is 0 Å². The van der Waals surface area contributed by atoms with Gasteiger partial charge in [0, 0.05) is 18.0 Å². The Labute approximate surface area is 195 Å². The van der Waals surface area contributed by atoms with E-state index in [1.54, 1.807) is 17.0 Å². The zero-order valence-corrected chi connectivity index (χ0v) is 19.0. The molecular formula is C25H24N2O5S. The summed E-state index contributed by atoms with van der Waals surface area (Å²) >= 11 is 1.40. The van der Waals surface area contributed by atoms with Crippen molar-refractivity contribution in [1.82, 2.24) is 4.90 Å². The second kappa shape index (κ2) is 9.25. The maximum atomic E-state index is 13.5. The zero-order valence-electron chi connectivity index (χ0n) is 18.2. The van der Waals surface area contributed by atoms with Gasteiger partial charge in [-0.05, 0) is 30.2 Å². The first-order valence-corrected chi connectivity index (χ1v) is 11.7. The minimum absolute atomic E-state index is 0.101. The van der Waals surface area contributed by atoms with E-state index in [0.29, 0.717) is 48.4 Å². The fraction of sp³-hybridized carbons (Fsp3) is 0.280. The maximum absolute atomic E-state index is 13.5. The minimum atomic E-state index is -0.811. The van der Waals surface area contributed by atoms with Crippen LogP contribution in [-0.4, -0.2) is 55.7 Å². The molecule has 0 bridgehead atoms. The molecule has 2 aliphatic heterocycles. The molecule has 2 amide bonds. The summed E-state index contributed by atoms with van der Waals surface area (Å²) in [6.07, 6.45) is -0.811. The summed E-state index contributed by atoms with van der Waals surface area (Å²) in [5.74, 6) is 0.695. The van der Waals surface area contributed by atoms with Crippen molar-refractivity contribution in [2.24, 2.45) is 0 Å². The van der Waals surface area contributed by atoms with E-state index in [-0.39, 0.29) is 18.4 Å². The Morgan fingerprint density at radius 3 is 2.45 bits per heavy atom. The lowest BCUT2D eigenvalue weighted by atomic mass is 10.1. The number of benzene rings is 2. The molecule has 0 aliphatic carbocycles. The monoisotopic (exact) mass is 464 g/mol. The number of rotatable bonds is 4. The summed E-state index contributed by atoms with van der Waals surface area (Å²) in [5.41, 5.74) is 2.37. The average molecular weight is 465 g/mol. The first-order valence-electron chi connectivity index (χ1n) is 10.9. The molecule has 1 fully saturated rings. The smallest absolute Gasteiger partial charge is 0.269 e. The molecule has 0 radical (unpaired) electrons. The van der Waals surface area contributed by atoms with Crippen LogP contribution in [0.4, 0.5) is 5.00 Å². The molecule has 8 heteroatoms. The van der Waals surface area contributed by atoms with Crippen molar-refractivity contribution in [3.63, 3.8) is 0 Å². The van der Waals surface area contributed by atoms with Gasteiger partial charge in [0.05, 0.1) is 18.8 Å². The predicted octanol–water partition coefficient (Wildman–Crippen LogP) is 3.97. The number of amides is 2. The van der Waals surface area contributed by atoms with Gasteiger partial charge >= 0.3 is 0 Å². The second-order valence-corrected chi connectivity index (χ2v) is 8.91. The van der Waals surface area contributed by atoms with Crippen molar-refractivity contribution in [2.45, 2.75) is 13.0 Å². The predicted molar refractivity (Wildman–Crippen MR) is 126 cm³/mol. The van der Waals surface area contributed by atoms with Crippen molar-refractivity contribution in [2.75, 3.05) is 38.2 Å². The van der Waals surface area contributed by atoms with Crippen LogP contribution in [-0.2, 0) is 9.53 Å². The molecule has 33 heavy (non-hydrogen) atoms. The summed E-state index contributed by atoms with van der Waals surface area (Å²) in [7, 11) is 0. The zero-order chi connectivity index (χ0) is 22.8. The summed E-state index contributed by atoms with van der Waals surface area (Å²) in [5, 5.41) is 3.48. The Kier molecular flexibility index (Phi) is 6.02. The third-order valence-corrected chi connectivity index (χ3v) is 6.99. The number of fused-ring (bicyclic) bond motifs is 1. The Morgan fingerprint density at radius 1 is 1.00 bits per heavy atom. The highest BCUT2D eigenvalue weighted by Gasteiger charge is 2.32. The second-order valence-electron chi connectivity index (χ2n) is 7.88. The average Bonchev–Trinajstić information content (AvgIpc) is 3.19. The van der Waals surface area contributed by atoms with Crippen molar-refractivity contribution >= 4 is 28.2 Å². The van der Waals surface area contributed by atoms with E-state index in [1.165, 1.54) is 11.3 Å². The Balaban J connectivity index is 1.45. The number of ether oxygens (including phenoxy) is 3. The van der Waals surface area contributed by atoms with Crippen molar-refractivity contribution in [1.29, 1.82) is 0 Å². The number of thiophene rings is 1. The molecule has 1 saturated heterocycles. The summed E-state index contributed by atoms with van der Waals surface area (Å²) in [6.45, 7) is 4.10. The molecule has 170 valence electrons. The van der Waals surface area contributed by atoms with Gasteiger partial charge in [-0.2, -0.15) is 0 Å². The van der Waals surface area contributed by atoms with Crippen molar-refractivity contribution < 1.29 is 23.8 Å². The molecule has 0 saturated carbocycles. The van der Waals surface area contributed by atoms with Crippen LogP contribution in [0.15, 0.2) is 54.6 Å². The fourth-order valence-corrected chi connectivity index (χ4v) is 5.20. The highest BCUT2D eigenvalue weighted by molar-refractivity contribution is 7.20. The highest BCUT2D eigenvalue weighted by Crippen LogP contribution is 2.41. The largest absolute Gasteiger partial charge is 0.485 e. The highest BCUT2D eigenvalue weighted by atomic mass is 32.1. The van der Waals surface area contributed by atoms with Gasteiger partial charge in [0.15, 0.2) is 11.5 Å². The van der Waals surface area contributed by atoms with E-state index < -0.39 is 6.10 Å². The standard InChI is InChI=1S/C25H24N2O5S/c1-16-21(25(29)27-11-13-30-14-12-27)24(33-22(16)17-7-3-2-4-8-17)26-23(28)20-15-31-18-9-5-6-10-19(18)32-20/h2-10,20H,11-15H2,1H3,(H,26,28). The lowest BCUT2D eigenvalue weighted by Crippen LogP contribution is -2.42. The van der Waals surface area contributed by atoms with Crippen LogP contribution in [0.5, 0.6) is 11.5 Å². The molecule has 1 unspecified atom stereocenters. The number of nitrogens with zero attached hydrogens (tertiary/aromatic N) is 1. The van der Waals surface area contributed by atoms with Gasteiger partial charge in [0.25, 0.3) is 11.8 Å². The number of morpholine rings is 1. The minimum Gasteiger partial charge on any atom is -0.485 e. The molecule has 2 aliphatic rings. The molecule has 2 aromatic carbocycles. The lowest BCUT2D eigenvalue weighted by molar-refractivity contribution is -0.125. The van der Waals surface area contributed by atoms with E-state index in [2.05, 4.69) is 5.32 Å². The molecule has 0 spiro atoms. The maximum Gasteiger partial charge on any atom is 0.269 e. The van der Waals surface area contributed by atoms with E-state index in [9.17, 15) is 9.59 Å². The lowest BCUT2D eigenvalue weighted by Gasteiger charge is -2.28. The van der Waals surface area contributed by atoms with Crippen LogP contribution in [0.3, 0.4) is 0 Å². The third kappa shape index (κ3) is 4.31. The molecule has 5 rings (SSSR count). The number of nitrogens with one attached hydrogen (secondary N) is 1. The van der Waals surface area contributed by atoms with Gasteiger partial charge in [-0.15, -0.1) is 11.3 Å². The van der Waals surface area contributed by atoms with Crippen LogP contribution in [0.25, 0.3) is 10.4 Å². The molecule has 3 aromatic rings. The number of hydrogen-bond acceptors (Lipinski definition) is 6. The topological polar surface area (TPSA) is 77.1 Å². The van der Waals surface area contributed by atoms with Crippen LogP contribution in [0, 0.1) is 6.92 Å². The van der Waals surface area contributed by atoms with E-state index >= 15 is 0 Å². The van der Waals surface area contributed by atoms with Gasteiger partial charge in [-0.1, -0.05) is 42.5 Å².